The molecule has 104 valence electrons. The number of halogens is 2. The van der Waals surface area contributed by atoms with Crippen LogP contribution in [0.3, 0.4) is 0 Å². The first-order chi connectivity index (χ1) is 9.09. The lowest BCUT2D eigenvalue weighted by Gasteiger charge is -2.23. The third-order valence-electron chi connectivity index (χ3n) is 2.78. The largest absolute Gasteiger partial charge is 0.456 e. The summed E-state index contributed by atoms with van der Waals surface area (Å²) in [6.45, 7) is 2.51. The molecule has 19 heavy (non-hydrogen) atoms. The number of benzene rings is 1. The third-order valence-corrected chi connectivity index (χ3v) is 3.11. The van der Waals surface area contributed by atoms with Crippen LogP contribution >= 0.6 is 11.6 Å². The number of carbonyl (C=O) groups is 1. The first-order valence-corrected chi connectivity index (χ1v) is 6.31. The molecule has 0 radical (unpaired) electrons. The molecule has 1 aromatic carbocycles. The highest BCUT2D eigenvalue weighted by molar-refractivity contribution is 6.31. The van der Waals surface area contributed by atoms with Crippen LogP contribution < -0.4 is 0 Å². The topological polar surface area (TPSA) is 44.8 Å². The monoisotopic (exact) mass is 288 g/mol. The average Bonchev–Trinajstić information content (AvgIpc) is 2.39. The van der Waals surface area contributed by atoms with Crippen molar-refractivity contribution < 1.29 is 23.4 Å². The van der Waals surface area contributed by atoms with E-state index in [-0.39, 0.29) is 17.2 Å². The fraction of sp³-hybridized carbons (Fsp3) is 0.462. The van der Waals surface area contributed by atoms with Crippen molar-refractivity contribution in [2.75, 3.05) is 19.8 Å². The Morgan fingerprint density at radius 3 is 2.95 bits per heavy atom. The molecular weight excluding hydrogens is 275 g/mol. The predicted molar refractivity (Wildman–Crippen MR) is 66.5 cm³/mol. The molecule has 0 N–H and O–H groups in total. The van der Waals surface area contributed by atoms with Crippen LogP contribution in [-0.4, -0.2) is 31.9 Å². The van der Waals surface area contributed by atoms with E-state index in [0.29, 0.717) is 13.2 Å². The van der Waals surface area contributed by atoms with Gasteiger partial charge in [0, 0.05) is 5.56 Å². The number of esters is 1. The van der Waals surface area contributed by atoms with Crippen LogP contribution in [0.1, 0.15) is 18.6 Å². The molecule has 0 bridgehead atoms. The minimum absolute atomic E-state index is 0.149. The normalized spacial score (nSPS) is 20.9. The maximum absolute atomic E-state index is 13.7. The third kappa shape index (κ3) is 3.43. The van der Waals surface area contributed by atoms with Gasteiger partial charge in [0.15, 0.2) is 6.10 Å². The van der Waals surface area contributed by atoms with Gasteiger partial charge in [0.1, 0.15) is 11.9 Å². The van der Waals surface area contributed by atoms with Crippen LogP contribution in [0.5, 0.6) is 0 Å². The Labute approximate surface area is 115 Å². The molecule has 0 amide bonds. The van der Waals surface area contributed by atoms with Crippen molar-refractivity contribution in [1.82, 2.24) is 0 Å². The zero-order chi connectivity index (χ0) is 13.8. The van der Waals surface area contributed by atoms with Gasteiger partial charge in [-0.25, -0.2) is 9.18 Å². The van der Waals surface area contributed by atoms with Gasteiger partial charge in [-0.15, -0.1) is 0 Å². The van der Waals surface area contributed by atoms with Crippen molar-refractivity contribution in [3.05, 3.63) is 34.6 Å². The summed E-state index contributed by atoms with van der Waals surface area (Å²) in [6, 6.07) is 4.31. The number of ether oxygens (including phenoxy) is 3. The zero-order valence-electron chi connectivity index (χ0n) is 10.4. The van der Waals surface area contributed by atoms with Gasteiger partial charge in [0.2, 0.25) is 0 Å². The second-order valence-corrected chi connectivity index (χ2v) is 4.56. The maximum atomic E-state index is 13.7. The molecular formula is C13H14ClFO4. The summed E-state index contributed by atoms with van der Waals surface area (Å²) in [7, 11) is 0. The van der Waals surface area contributed by atoms with E-state index in [2.05, 4.69) is 0 Å². The smallest absolute Gasteiger partial charge is 0.338 e. The van der Waals surface area contributed by atoms with Gasteiger partial charge in [0.25, 0.3) is 0 Å². The molecule has 1 aliphatic heterocycles. The van der Waals surface area contributed by atoms with E-state index in [1.165, 1.54) is 12.1 Å². The van der Waals surface area contributed by atoms with E-state index in [4.69, 9.17) is 25.8 Å². The van der Waals surface area contributed by atoms with Gasteiger partial charge in [-0.05, 0) is 19.1 Å². The molecule has 4 nitrogen and oxygen atoms in total. The molecule has 1 heterocycles. The molecule has 2 rings (SSSR count). The van der Waals surface area contributed by atoms with E-state index < -0.39 is 24.0 Å². The minimum Gasteiger partial charge on any atom is -0.456 e. The first-order valence-electron chi connectivity index (χ1n) is 5.93. The Kier molecular flexibility index (Phi) is 4.74. The van der Waals surface area contributed by atoms with Crippen LogP contribution in [0.15, 0.2) is 18.2 Å². The van der Waals surface area contributed by atoms with Gasteiger partial charge < -0.3 is 14.2 Å². The standard InChI is InChI=1S/C13H14ClFO4/c1-8(12-9(14)3-2-4-10(12)15)19-13(16)11-7-17-5-6-18-11/h2-4,8,11H,5-7H2,1H3/t8-,11-/m0/s1. The SMILES string of the molecule is C[C@H](OC(=O)[C@@H]1COCCO1)c1c(F)cccc1Cl. The van der Waals surface area contributed by atoms with Crippen molar-refractivity contribution in [1.29, 1.82) is 0 Å². The van der Waals surface area contributed by atoms with Crippen LogP contribution in [-0.2, 0) is 19.0 Å². The van der Waals surface area contributed by atoms with Crippen LogP contribution in [0.25, 0.3) is 0 Å². The molecule has 0 saturated carbocycles. The molecule has 6 heteroatoms. The van der Waals surface area contributed by atoms with E-state index in [1.807, 2.05) is 0 Å². The second-order valence-electron chi connectivity index (χ2n) is 4.15. The summed E-state index contributed by atoms with van der Waals surface area (Å²) in [6.07, 6.45) is -1.55. The van der Waals surface area contributed by atoms with Gasteiger partial charge in [0.05, 0.1) is 24.8 Å². The lowest BCUT2D eigenvalue weighted by Crippen LogP contribution is -2.37. The van der Waals surface area contributed by atoms with Crippen molar-refractivity contribution in [2.24, 2.45) is 0 Å². The molecule has 0 aromatic heterocycles. The highest BCUT2D eigenvalue weighted by Gasteiger charge is 2.27. The quantitative estimate of drug-likeness (QED) is 0.802. The Morgan fingerprint density at radius 1 is 1.53 bits per heavy atom. The van der Waals surface area contributed by atoms with Gasteiger partial charge in [-0.1, -0.05) is 17.7 Å². The average molecular weight is 289 g/mol. The summed E-state index contributed by atoms with van der Waals surface area (Å²) in [5.74, 6) is -1.08. The molecule has 0 aliphatic carbocycles. The minimum atomic E-state index is -0.785. The summed E-state index contributed by atoms with van der Waals surface area (Å²) in [5, 5.41) is 0.223. The Bertz CT molecular complexity index is 440. The molecule has 2 atom stereocenters. The molecule has 1 saturated heterocycles. The maximum Gasteiger partial charge on any atom is 0.338 e. The molecule has 0 spiro atoms. The summed E-state index contributed by atoms with van der Waals surface area (Å²) in [5.41, 5.74) is 0.161. The number of hydrogen-bond acceptors (Lipinski definition) is 4. The van der Waals surface area contributed by atoms with Crippen molar-refractivity contribution in [3.63, 3.8) is 0 Å². The fourth-order valence-corrected chi connectivity index (χ4v) is 2.15. The zero-order valence-corrected chi connectivity index (χ0v) is 11.2. The lowest BCUT2D eigenvalue weighted by atomic mass is 10.1. The summed E-state index contributed by atoms with van der Waals surface area (Å²) in [4.78, 5) is 11.8. The predicted octanol–water partition coefficient (Wildman–Crippen LogP) is 2.50. The van der Waals surface area contributed by atoms with Crippen molar-refractivity contribution in [3.8, 4) is 0 Å². The summed E-state index contributed by atoms with van der Waals surface area (Å²) < 4.78 is 29.2. The van der Waals surface area contributed by atoms with E-state index in [1.54, 1.807) is 13.0 Å². The Morgan fingerprint density at radius 2 is 2.32 bits per heavy atom. The Balaban J connectivity index is 2.04. The van der Waals surface area contributed by atoms with Crippen molar-refractivity contribution >= 4 is 17.6 Å². The molecule has 1 aromatic rings. The lowest BCUT2D eigenvalue weighted by molar-refractivity contribution is -0.175. The number of carbonyl (C=O) groups excluding carboxylic acids is 1. The van der Waals surface area contributed by atoms with Crippen LogP contribution in [0.2, 0.25) is 5.02 Å². The van der Waals surface area contributed by atoms with Gasteiger partial charge >= 0.3 is 5.97 Å². The van der Waals surface area contributed by atoms with E-state index >= 15 is 0 Å². The fourth-order valence-electron chi connectivity index (χ4n) is 1.83. The second kappa shape index (κ2) is 6.32. The number of rotatable bonds is 3. The molecule has 0 unspecified atom stereocenters. The van der Waals surface area contributed by atoms with E-state index in [9.17, 15) is 9.18 Å². The molecule has 1 fully saturated rings. The first kappa shape index (κ1) is 14.2. The Hall–Kier alpha value is -1.17. The van der Waals surface area contributed by atoms with Gasteiger partial charge in [-0.3, -0.25) is 0 Å². The highest BCUT2D eigenvalue weighted by atomic mass is 35.5. The van der Waals surface area contributed by atoms with Gasteiger partial charge in [-0.2, -0.15) is 0 Å². The van der Waals surface area contributed by atoms with Crippen molar-refractivity contribution in [2.45, 2.75) is 19.1 Å². The van der Waals surface area contributed by atoms with Crippen LogP contribution in [0.4, 0.5) is 4.39 Å². The van der Waals surface area contributed by atoms with Crippen LogP contribution in [0, 0.1) is 5.82 Å². The van der Waals surface area contributed by atoms with E-state index in [0.717, 1.165) is 0 Å². The highest BCUT2D eigenvalue weighted by Crippen LogP contribution is 2.28. The number of hydrogen-bond donors (Lipinski definition) is 0. The molecule has 1 aliphatic rings. The summed E-state index contributed by atoms with van der Waals surface area (Å²) >= 11 is 5.91.